The number of amides is 1. The average Bonchev–Trinajstić information content (AvgIpc) is 3.47. The minimum atomic E-state index is -0.224. The topological polar surface area (TPSA) is 82.0 Å². The summed E-state index contributed by atoms with van der Waals surface area (Å²) in [5.41, 5.74) is 8.52. The van der Waals surface area contributed by atoms with Crippen LogP contribution in [0.1, 0.15) is 28.2 Å². The number of nitrogens with zero attached hydrogens (tertiary/aromatic N) is 2. The van der Waals surface area contributed by atoms with E-state index in [2.05, 4.69) is 40.6 Å². The first-order chi connectivity index (χ1) is 21.1. The lowest BCUT2D eigenvalue weighted by Gasteiger charge is -2.30. The number of thioether (sulfide) groups is 1. The van der Waals surface area contributed by atoms with Gasteiger partial charge in [0.15, 0.2) is 15.8 Å². The molecule has 0 saturated carbocycles. The summed E-state index contributed by atoms with van der Waals surface area (Å²) < 4.78 is 19.6. The molecule has 1 atom stereocenters. The fraction of sp³-hybridized carbons (Fsp3) is 0.147. The standard InChI is InChI=1S/C34H29N3O4S2/c1-21-10-4-5-11-23(21)32-24-12-6-8-14-27(24)41-33(22-16-17-28(39-2)29(18-22)40-3)25(32)19-35-37-31(38)20-42-34-36-26-13-7-9-15-30(26)43-34/h4-19,32H,20H2,1-3H3,(H,37,38)/t32-/m1/s1. The molecular weight excluding hydrogens is 579 g/mol. The number of hydrazone groups is 1. The third kappa shape index (κ3) is 6.00. The molecule has 7 nitrogen and oxygen atoms in total. The Kier molecular flexibility index (Phi) is 8.44. The van der Waals surface area contributed by atoms with E-state index >= 15 is 0 Å². The molecule has 0 bridgehead atoms. The molecular formula is C34H29N3O4S2. The molecule has 1 N–H and O–H groups in total. The van der Waals surface area contributed by atoms with Crippen molar-refractivity contribution in [1.82, 2.24) is 10.4 Å². The Balaban J connectivity index is 1.35. The predicted molar refractivity (Wildman–Crippen MR) is 174 cm³/mol. The molecule has 1 aliphatic rings. The van der Waals surface area contributed by atoms with Crippen LogP contribution in [0.25, 0.3) is 16.0 Å². The van der Waals surface area contributed by atoms with Crippen LogP contribution in [0.3, 0.4) is 0 Å². The number of para-hydroxylation sites is 2. The van der Waals surface area contributed by atoms with Crippen LogP contribution in [0, 0.1) is 6.92 Å². The first-order valence-electron chi connectivity index (χ1n) is 13.6. The Morgan fingerprint density at radius 3 is 2.51 bits per heavy atom. The number of nitrogens with one attached hydrogen (secondary N) is 1. The molecule has 1 aromatic heterocycles. The van der Waals surface area contributed by atoms with Gasteiger partial charge in [0.25, 0.3) is 5.91 Å². The second kappa shape index (κ2) is 12.7. The van der Waals surface area contributed by atoms with Crippen molar-refractivity contribution in [1.29, 1.82) is 0 Å². The van der Waals surface area contributed by atoms with Gasteiger partial charge < -0.3 is 14.2 Å². The van der Waals surface area contributed by atoms with E-state index < -0.39 is 0 Å². The Hall–Kier alpha value is -4.60. The zero-order chi connectivity index (χ0) is 29.8. The number of ether oxygens (including phenoxy) is 3. The number of fused-ring (bicyclic) bond motifs is 2. The number of allylic oxidation sites excluding steroid dienone is 1. The Morgan fingerprint density at radius 2 is 1.72 bits per heavy atom. The molecule has 0 radical (unpaired) electrons. The highest BCUT2D eigenvalue weighted by Gasteiger charge is 2.32. The molecule has 216 valence electrons. The number of carbonyl (C=O) groups is 1. The molecule has 9 heteroatoms. The average molecular weight is 608 g/mol. The number of thiazole rings is 1. The summed E-state index contributed by atoms with van der Waals surface area (Å²) in [6, 6.07) is 29.9. The maximum atomic E-state index is 12.8. The predicted octanol–water partition coefficient (Wildman–Crippen LogP) is 7.45. The van der Waals surface area contributed by atoms with Crippen molar-refractivity contribution in [2.75, 3.05) is 20.0 Å². The maximum Gasteiger partial charge on any atom is 0.250 e. The number of benzene rings is 4. The zero-order valence-corrected chi connectivity index (χ0v) is 25.5. The minimum Gasteiger partial charge on any atom is -0.493 e. The highest BCUT2D eigenvalue weighted by molar-refractivity contribution is 8.01. The second-order valence-corrected chi connectivity index (χ2v) is 12.1. The van der Waals surface area contributed by atoms with Gasteiger partial charge in [-0.3, -0.25) is 4.79 Å². The van der Waals surface area contributed by atoms with Crippen LogP contribution in [0.2, 0.25) is 0 Å². The SMILES string of the molecule is COc1ccc(C2=C(C=NNC(=O)CSc3nc4ccccc4s3)[C@H](c3ccccc3C)c3ccccc3O2)cc1OC. The number of methoxy groups -OCH3 is 2. The summed E-state index contributed by atoms with van der Waals surface area (Å²) in [5.74, 6) is 2.36. The Labute approximate surface area is 258 Å². The third-order valence-corrected chi connectivity index (χ3v) is 9.33. The quantitative estimate of drug-likeness (QED) is 0.106. The number of hydrogen-bond acceptors (Lipinski definition) is 8. The maximum absolute atomic E-state index is 12.8. The van der Waals surface area contributed by atoms with Crippen LogP contribution in [0.4, 0.5) is 0 Å². The van der Waals surface area contributed by atoms with Gasteiger partial charge in [-0.1, -0.05) is 66.4 Å². The molecule has 4 aromatic carbocycles. The van der Waals surface area contributed by atoms with Gasteiger partial charge in [0.2, 0.25) is 0 Å². The lowest BCUT2D eigenvalue weighted by molar-refractivity contribution is -0.118. The summed E-state index contributed by atoms with van der Waals surface area (Å²) in [5, 5.41) is 4.43. The summed E-state index contributed by atoms with van der Waals surface area (Å²) >= 11 is 2.97. The summed E-state index contributed by atoms with van der Waals surface area (Å²) in [7, 11) is 3.21. The van der Waals surface area contributed by atoms with Crippen molar-refractivity contribution in [3.8, 4) is 17.2 Å². The normalized spacial score (nSPS) is 14.4. The molecule has 1 amide bonds. The number of aromatic nitrogens is 1. The van der Waals surface area contributed by atoms with Crippen molar-refractivity contribution in [2.45, 2.75) is 17.2 Å². The molecule has 0 saturated heterocycles. The zero-order valence-electron chi connectivity index (χ0n) is 23.9. The van der Waals surface area contributed by atoms with Crippen molar-refractivity contribution < 1.29 is 19.0 Å². The van der Waals surface area contributed by atoms with E-state index in [1.165, 1.54) is 11.8 Å². The molecule has 5 aromatic rings. The van der Waals surface area contributed by atoms with Crippen molar-refractivity contribution >= 4 is 51.2 Å². The van der Waals surface area contributed by atoms with Gasteiger partial charge in [-0.2, -0.15) is 5.10 Å². The first-order valence-corrected chi connectivity index (χ1v) is 15.4. The first kappa shape index (κ1) is 28.5. The van der Waals surface area contributed by atoms with Crippen molar-refractivity contribution in [2.24, 2.45) is 5.10 Å². The van der Waals surface area contributed by atoms with Crippen LogP contribution in [-0.4, -0.2) is 37.1 Å². The highest BCUT2D eigenvalue weighted by Crippen LogP contribution is 2.46. The fourth-order valence-corrected chi connectivity index (χ4v) is 6.97. The number of carbonyl (C=O) groups excluding carboxylic acids is 1. The molecule has 0 spiro atoms. The van der Waals surface area contributed by atoms with E-state index in [0.717, 1.165) is 48.1 Å². The molecule has 6 rings (SSSR count). The third-order valence-electron chi connectivity index (χ3n) is 7.15. The van der Waals surface area contributed by atoms with Gasteiger partial charge in [0.1, 0.15) is 11.5 Å². The van der Waals surface area contributed by atoms with Crippen LogP contribution >= 0.6 is 23.1 Å². The monoisotopic (exact) mass is 607 g/mol. The van der Waals surface area contributed by atoms with Crippen LogP contribution in [0.5, 0.6) is 17.2 Å². The van der Waals surface area contributed by atoms with E-state index in [0.29, 0.717) is 17.3 Å². The van der Waals surface area contributed by atoms with E-state index in [-0.39, 0.29) is 17.6 Å². The number of aryl methyl sites for hydroxylation is 1. The largest absolute Gasteiger partial charge is 0.493 e. The molecule has 0 fully saturated rings. The van der Waals surface area contributed by atoms with Crippen LogP contribution < -0.4 is 19.6 Å². The Bertz CT molecular complexity index is 1830. The smallest absolute Gasteiger partial charge is 0.250 e. The molecule has 43 heavy (non-hydrogen) atoms. The van der Waals surface area contributed by atoms with Crippen molar-refractivity contribution in [3.63, 3.8) is 0 Å². The molecule has 1 aliphatic heterocycles. The Morgan fingerprint density at radius 1 is 0.977 bits per heavy atom. The second-order valence-electron chi connectivity index (χ2n) is 9.81. The minimum absolute atomic E-state index is 0.188. The van der Waals surface area contributed by atoms with Gasteiger partial charge in [0, 0.05) is 22.6 Å². The lowest BCUT2D eigenvalue weighted by Crippen LogP contribution is -2.22. The fourth-order valence-electron chi connectivity index (χ4n) is 5.11. The summed E-state index contributed by atoms with van der Waals surface area (Å²) in [4.78, 5) is 17.4. The van der Waals surface area contributed by atoms with Crippen molar-refractivity contribution in [3.05, 3.63) is 119 Å². The lowest BCUT2D eigenvalue weighted by atomic mass is 9.80. The number of rotatable bonds is 9. The van der Waals surface area contributed by atoms with E-state index in [4.69, 9.17) is 14.2 Å². The van der Waals surface area contributed by atoms with Gasteiger partial charge in [0.05, 0.1) is 36.4 Å². The molecule has 0 unspecified atom stereocenters. The molecule has 2 heterocycles. The van der Waals surface area contributed by atoms with Gasteiger partial charge >= 0.3 is 0 Å². The van der Waals surface area contributed by atoms with Gasteiger partial charge in [-0.25, -0.2) is 10.4 Å². The van der Waals surface area contributed by atoms with Gasteiger partial charge in [-0.15, -0.1) is 11.3 Å². The van der Waals surface area contributed by atoms with Crippen LogP contribution in [0.15, 0.2) is 106 Å². The summed E-state index contributed by atoms with van der Waals surface area (Å²) in [6.07, 6.45) is 1.69. The van der Waals surface area contributed by atoms with Crippen LogP contribution in [-0.2, 0) is 4.79 Å². The number of hydrogen-bond donors (Lipinski definition) is 1. The molecule has 0 aliphatic carbocycles. The highest BCUT2D eigenvalue weighted by atomic mass is 32.2. The van der Waals surface area contributed by atoms with E-state index in [1.807, 2.05) is 72.8 Å². The van der Waals surface area contributed by atoms with Gasteiger partial charge in [-0.05, 0) is 54.4 Å². The van der Waals surface area contributed by atoms with E-state index in [1.54, 1.807) is 31.8 Å². The van der Waals surface area contributed by atoms with E-state index in [9.17, 15) is 4.79 Å². The summed E-state index contributed by atoms with van der Waals surface area (Å²) in [6.45, 7) is 2.10.